The summed E-state index contributed by atoms with van der Waals surface area (Å²) in [5.41, 5.74) is 5.59. The first-order valence-electron chi connectivity index (χ1n) is 17.9. The molecule has 248 valence electrons. The van der Waals surface area contributed by atoms with Crippen LogP contribution in [0, 0.1) is 24.1 Å². The summed E-state index contributed by atoms with van der Waals surface area (Å²) in [4.78, 5) is 19.1. The Morgan fingerprint density at radius 1 is 1.00 bits per heavy atom. The molecule has 3 heterocycles. The molecule has 3 aliphatic rings. The summed E-state index contributed by atoms with van der Waals surface area (Å²) in [5.74, 6) is 0.335. The van der Waals surface area contributed by atoms with Gasteiger partial charge in [-0.15, -0.1) is 0 Å². The number of aromatic nitrogens is 2. The Labute approximate surface area is 275 Å². The average molecular weight is 629 g/mol. The van der Waals surface area contributed by atoms with Crippen LogP contribution in [0.1, 0.15) is 105 Å². The van der Waals surface area contributed by atoms with Crippen LogP contribution in [-0.2, 0) is 29.1 Å². The molecule has 0 amide bonds. The fourth-order valence-electron chi connectivity index (χ4n) is 8.81. The zero-order valence-corrected chi connectivity index (χ0v) is 28.2. The van der Waals surface area contributed by atoms with Gasteiger partial charge in [-0.25, -0.2) is 4.39 Å². The second-order valence-corrected chi connectivity index (χ2v) is 14.1. The first-order valence-corrected chi connectivity index (χ1v) is 17.9. The lowest BCUT2D eigenvalue weighted by Crippen LogP contribution is -2.45. The van der Waals surface area contributed by atoms with Gasteiger partial charge in [0, 0.05) is 55.9 Å². The zero-order valence-electron chi connectivity index (χ0n) is 28.2. The van der Waals surface area contributed by atoms with Gasteiger partial charge in [0.25, 0.3) is 0 Å². The molecule has 2 saturated heterocycles. The second kappa shape index (κ2) is 14.8. The number of esters is 1. The smallest absolute Gasteiger partial charge is 0.313 e. The standard InChI is InChI=1S/C39H53FN4O2/c1-4-35-37(29(3)44(5-2)41-35)36-19-10-13-22-43(36)25-32-24-42(26-34(32)31-17-14-18-33(40)23-31)28-39(20-11-7-12-21-39)38(45)46-27-30-15-8-6-9-16-30/h6,8-9,14-18,23,32,34,36H,4-5,7,10-13,19-22,24-28H2,1-3H3/t32-,34+,36?/m0/s1. The molecule has 1 unspecified atom stereocenters. The molecular formula is C39H53FN4O2. The van der Waals surface area contributed by atoms with Gasteiger partial charge in [-0.2, -0.15) is 5.10 Å². The molecule has 7 heteroatoms. The van der Waals surface area contributed by atoms with E-state index in [-0.39, 0.29) is 17.7 Å². The van der Waals surface area contributed by atoms with E-state index in [9.17, 15) is 9.18 Å². The Bertz CT molecular complexity index is 1450. The van der Waals surface area contributed by atoms with Gasteiger partial charge in [-0.1, -0.05) is 75.1 Å². The molecule has 1 aliphatic carbocycles. The molecule has 46 heavy (non-hydrogen) atoms. The third-order valence-corrected chi connectivity index (χ3v) is 11.2. The van der Waals surface area contributed by atoms with Crippen LogP contribution < -0.4 is 0 Å². The lowest BCUT2D eigenvalue weighted by Gasteiger charge is -2.39. The van der Waals surface area contributed by atoms with Crippen molar-refractivity contribution in [3.8, 4) is 0 Å². The van der Waals surface area contributed by atoms with E-state index < -0.39 is 5.41 Å². The predicted octanol–water partition coefficient (Wildman–Crippen LogP) is 7.85. The monoisotopic (exact) mass is 628 g/mol. The molecule has 0 spiro atoms. The Kier molecular flexibility index (Phi) is 10.6. The van der Waals surface area contributed by atoms with Crippen molar-refractivity contribution in [3.63, 3.8) is 0 Å². The van der Waals surface area contributed by atoms with Gasteiger partial charge in [0.1, 0.15) is 12.4 Å². The molecular weight excluding hydrogens is 575 g/mol. The van der Waals surface area contributed by atoms with Crippen LogP contribution in [0.3, 0.4) is 0 Å². The lowest BCUT2D eigenvalue weighted by molar-refractivity contribution is -0.161. The van der Waals surface area contributed by atoms with E-state index in [2.05, 4.69) is 41.3 Å². The highest BCUT2D eigenvalue weighted by Gasteiger charge is 2.46. The van der Waals surface area contributed by atoms with Gasteiger partial charge in [0.2, 0.25) is 0 Å². The van der Waals surface area contributed by atoms with Crippen molar-refractivity contribution in [3.05, 3.63) is 88.5 Å². The number of aryl methyl sites for hydroxylation is 2. The van der Waals surface area contributed by atoms with E-state index in [1.54, 1.807) is 12.1 Å². The molecule has 3 fully saturated rings. The van der Waals surface area contributed by atoms with E-state index in [4.69, 9.17) is 9.84 Å². The first-order chi connectivity index (χ1) is 22.4. The number of ether oxygens (including phenoxy) is 1. The van der Waals surface area contributed by atoms with Crippen molar-refractivity contribution in [1.29, 1.82) is 0 Å². The van der Waals surface area contributed by atoms with Crippen molar-refractivity contribution in [2.24, 2.45) is 11.3 Å². The Morgan fingerprint density at radius 2 is 1.80 bits per heavy atom. The molecule has 0 bridgehead atoms. The van der Waals surface area contributed by atoms with E-state index in [0.29, 0.717) is 25.1 Å². The predicted molar refractivity (Wildman–Crippen MR) is 181 cm³/mol. The molecule has 1 saturated carbocycles. The van der Waals surface area contributed by atoms with E-state index in [1.807, 2.05) is 36.4 Å². The number of nitrogens with zero attached hydrogens (tertiary/aromatic N) is 4. The SMILES string of the molecule is CCc1nn(CC)c(C)c1C1CCCCN1C[C@@H]1CN(CC2(C(=O)OCc3ccccc3)CCCCC2)C[C@@H]1c1cccc(F)c1. The van der Waals surface area contributed by atoms with Crippen molar-refractivity contribution in [2.75, 3.05) is 32.7 Å². The number of carbonyl (C=O) groups is 1. The molecule has 3 aromatic rings. The Morgan fingerprint density at radius 3 is 2.54 bits per heavy atom. The number of hydrogen-bond donors (Lipinski definition) is 0. The highest BCUT2D eigenvalue weighted by atomic mass is 19.1. The summed E-state index contributed by atoms with van der Waals surface area (Å²) >= 11 is 0. The van der Waals surface area contributed by atoms with Crippen LogP contribution in [0.5, 0.6) is 0 Å². The summed E-state index contributed by atoms with van der Waals surface area (Å²) in [6.07, 6.45) is 9.58. The number of carbonyl (C=O) groups excluding carboxylic acids is 1. The third kappa shape index (κ3) is 7.11. The van der Waals surface area contributed by atoms with Gasteiger partial charge < -0.3 is 9.64 Å². The molecule has 1 aromatic heterocycles. The maximum atomic E-state index is 14.6. The lowest BCUT2D eigenvalue weighted by atomic mass is 9.73. The van der Waals surface area contributed by atoms with Crippen molar-refractivity contribution in [1.82, 2.24) is 19.6 Å². The Balaban J connectivity index is 1.24. The minimum Gasteiger partial charge on any atom is -0.460 e. The van der Waals surface area contributed by atoms with Gasteiger partial charge >= 0.3 is 5.97 Å². The third-order valence-electron chi connectivity index (χ3n) is 11.2. The van der Waals surface area contributed by atoms with Gasteiger partial charge in [0.05, 0.1) is 11.1 Å². The van der Waals surface area contributed by atoms with Crippen LogP contribution in [-0.4, -0.2) is 58.3 Å². The van der Waals surface area contributed by atoms with Gasteiger partial charge in [-0.05, 0) is 81.7 Å². The van der Waals surface area contributed by atoms with Crippen LogP contribution in [0.25, 0.3) is 0 Å². The Hall–Kier alpha value is -3.03. The zero-order chi connectivity index (χ0) is 32.1. The van der Waals surface area contributed by atoms with Crippen LogP contribution in [0.2, 0.25) is 0 Å². The topological polar surface area (TPSA) is 50.6 Å². The van der Waals surface area contributed by atoms with E-state index >= 15 is 0 Å². The number of likely N-dealkylation sites (tertiary alicyclic amines) is 2. The molecule has 6 rings (SSSR count). The molecule has 2 aliphatic heterocycles. The van der Waals surface area contributed by atoms with Crippen molar-refractivity contribution < 1.29 is 13.9 Å². The van der Waals surface area contributed by atoms with Crippen molar-refractivity contribution >= 4 is 5.97 Å². The highest BCUT2D eigenvalue weighted by molar-refractivity contribution is 5.77. The van der Waals surface area contributed by atoms with Crippen LogP contribution >= 0.6 is 0 Å². The summed E-state index contributed by atoms with van der Waals surface area (Å²) < 4.78 is 22.8. The van der Waals surface area contributed by atoms with Gasteiger partial charge in [0.15, 0.2) is 0 Å². The summed E-state index contributed by atoms with van der Waals surface area (Å²) in [6.45, 7) is 12.4. The van der Waals surface area contributed by atoms with Crippen LogP contribution in [0.4, 0.5) is 4.39 Å². The molecule has 2 aromatic carbocycles. The molecule has 6 nitrogen and oxygen atoms in total. The normalized spacial score (nSPS) is 23.9. The van der Waals surface area contributed by atoms with Crippen LogP contribution in [0.15, 0.2) is 54.6 Å². The summed E-state index contributed by atoms with van der Waals surface area (Å²) in [7, 11) is 0. The number of halogens is 1. The average Bonchev–Trinajstić information content (AvgIpc) is 3.63. The summed E-state index contributed by atoms with van der Waals surface area (Å²) in [5, 5.41) is 4.99. The van der Waals surface area contributed by atoms with Crippen molar-refractivity contribution in [2.45, 2.75) is 104 Å². The maximum Gasteiger partial charge on any atom is 0.313 e. The minimum absolute atomic E-state index is 0.0478. The number of benzene rings is 2. The van der Waals surface area contributed by atoms with E-state index in [0.717, 1.165) is 82.4 Å². The molecule has 0 N–H and O–H groups in total. The molecule has 3 atom stereocenters. The number of rotatable bonds is 11. The number of hydrogen-bond acceptors (Lipinski definition) is 5. The highest BCUT2D eigenvalue weighted by Crippen LogP contribution is 2.43. The number of piperidine rings is 1. The van der Waals surface area contributed by atoms with E-state index in [1.165, 1.54) is 36.2 Å². The largest absolute Gasteiger partial charge is 0.460 e. The fraction of sp³-hybridized carbons (Fsp3) is 0.590. The summed E-state index contributed by atoms with van der Waals surface area (Å²) in [6, 6.07) is 17.6. The second-order valence-electron chi connectivity index (χ2n) is 14.1. The first kappa shape index (κ1) is 32.9. The quantitative estimate of drug-likeness (QED) is 0.203. The minimum atomic E-state index is -0.482. The maximum absolute atomic E-state index is 14.6. The molecule has 0 radical (unpaired) electrons. The van der Waals surface area contributed by atoms with Gasteiger partial charge in [-0.3, -0.25) is 14.4 Å². The fourth-order valence-corrected chi connectivity index (χ4v) is 8.81.